The van der Waals surface area contributed by atoms with E-state index in [2.05, 4.69) is 19.2 Å². The van der Waals surface area contributed by atoms with Gasteiger partial charge < -0.3 is 15.5 Å². The van der Waals surface area contributed by atoms with Crippen molar-refractivity contribution in [3.63, 3.8) is 0 Å². The van der Waals surface area contributed by atoms with Crippen molar-refractivity contribution in [2.45, 2.75) is 469 Å². The predicted molar refractivity (Wildman–Crippen MR) is 364 cm³/mol. The number of allylic oxidation sites excluding steroid dienone is 1. The van der Waals surface area contributed by atoms with Gasteiger partial charge in [-0.3, -0.25) is 4.79 Å². The highest BCUT2D eigenvalue weighted by molar-refractivity contribution is 5.76. The molecular weight excluding hydrogens is 987 g/mol. The fraction of sp³-hybridized carbons (Fsp3) is 0.961. The largest absolute Gasteiger partial charge is 0.394 e. The molecule has 4 nitrogen and oxygen atoms in total. The zero-order valence-electron chi connectivity index (χ0n) is 56.1. The van der Waals surface area contributed by atoms with Crippen LogP contribution < -0.4 is 5.32 Å². The van der Waals surface area contributed by atoms with E-state index in [1.165, 1.54) is 411 Å². The number of amides is 1. The first kappa shape index (κ1) is 80.1. The number of aliphatic hydroxyl groups excluding tert-OH is 2. The van der Waals surface area contributed by atoms with Crippen LogP contribution in [0.25, 0.3) is 0 Å². The first-order valence-corrected chi connectivity index (χ1v) is 38.4. The number of carbonyl (C=O) groups excluding carboxylic acids is 1. The van der Waals surface area contributed by atoms with Gasteiger partial charge in [-0.25, -0.2) is 0 Å². The second-order valence-corrected chi connectivity index (χ2v) is 26.8. The van der Waals surface area contributed by atoms with E-state index in [0.717, 1.165) is 25.7 Å². The molecule has 3 N–H and O–H groups in total. The number of hydrogen-bond donors (Lipinski definition) is 3. The van der Waals surface area contributed by atoms with Crippen molar-refractivity contribution in [3.05, 3.63) is 12.2 Å². The van der Waals surface area contributed by atoms with E-state index in [1.807, 2.05) is 6.08 Å². The lowest BCUT2D eigenvalue weighted by atomic mass is 10.0. The Morgan fingerprint density at radius 2 is 0.457 bits per heavy atom. The Morgan fingerprint density at radius 1 is 0.284 bits per heavy atom. The van der Waals surface area contributed by atoms with Crippen molar-refractivity contribution < 1.29 is 15.0 Å². The van der Waals surface area contributed by atoms with Gasteiger partial charge in [0.05, 0.1) is 18.8 Å². The molecule has 2 atom stereocenters. The molecule has 2 unspecified atom stereocenters. The van der Waals surface area contributed by atoms with Crippen LogP contribution in [0.5, 0.6) is 0 Å². The summed E-state index contributed by atoms with van der Waals surface area (Å²) in [6, 6.07) is -0.620. The molecule has 0 aromatic heterocycles. The Hall–Kier alpha value is -0.870. The summed E-state index contributed by atoms with van der Waals surface area (Å²) in [7, 11) is 0. The van der Waals surface area contributed by atoms with Gasteiger partial charge in [-0.05, 0) is 19.3 Å². The van der Waals surface area contributed by atoms with Crippen LogP contribution >= 0.6 is 0 Å². The van der Waals surface area contributed by atoms with Gasteiger partial charge in [0.2, 0.25) is 5.91 Å². The number of hydrogen-bond acceptors (Lipinski definition) is 3. The third kappa shape index (κ3) is 69.8. The first-order valence-electron chi connectivity index (χ1n) is 38.4. The fourth-order valence-corrected chi connectivity index (χ4v) is 12.7. The van der Waals surface area contributed by atoms with Gasteiger partial charge in [0, 0.05) is 6.42 Å². The van der Waals surface area contributed by atoms with Gasteiger partial charge in [0.25, 0.3) is 0 Å². The molecule has 0 aromatic rings. The highest BCUT2D eigenvalue weighted by atomic mass is 16.3. The highest BCUT2D eigenvalue weighted by Gasteiger charge is 2.18. The summed E-state index contributed by atoms with van der Waals surface area (Å²) in [5, 5.41) is 23.3. The summed E-state index contributed by atoms with van der Waals surface area (Å²) in [5.74, 6) is -0.0520. The minimum atomic E-state index is -0.838. The quantitative estimate of drug-likeness (QED) is 0.0420. The van der Waals surface area contributed by atoms with Gasteiger partial charge in [0.1, 0.15) is 0 Å². The molecule has 0 aliphatic carbocycles. The van der Waals surface area contributed by atoms with E-state index in [1.54, 1.807) is 6.08 Å². The molecule has 0 fully saturated rings. The van der Waals surface area contributed by atoms with Crippen molar-refractivity contribution in [2.75, 3.05) is 6.61 Å². The summed E-state index contributed by atoms with van der Waals surface area (Å²) in [5.41, 5.74) is 0. The summed E-state index contributed by atoms with van der Waals surface area (Å²) in [4.78, 5) is 12.6. The molecule has 0 spiro atoms. The first-order chi connectivity index (χ1) is 40.2. The van der Waals surface area contributed by atoms with Crippen LogP contribution in [-0.2, 0) is 4.79 Å². The molecule has 0 heterocycles. The second-order valence-electron chi connectivity index (χ2n) is 26.8. The average Bonchev–Trinajstić information content (AvgIpc) is 3.47. The molecule has 0 bridgehead atoms. The Labute approximate surface area is 511 Å². The van der Waals surface area contributed by atoms with Crippen LogP contribution in [0, 0.1) is 0 Å². The molecule has 0 aromatic carbocycles. The summed E-state index contributed by atoms with van der Waals surface area (Å²) in [6.07, 6.45) is 99.2. The van der Waals surface area contributed by atoms with Crippen molar-refractivity contribution in [1.29, 1.82) is 0 Å². The lowest BCUT2D eigenvalue weighted by molar-refractivity contribution is -0.123. The minimum Gasteiger partial charge on any atom is -0.394 e. The highest BCUT2D eigenvalue weighted by Crippen LogP contribution is 2.20. The van der Waals surface area contributed by atoms with Crippen molar-refractivity contribution in [2.24, 2.45) is 0 Å². The standard InChI is InChI=1S/C77H153NO3/c1-3-5-7-9-11-13-15-17-19-21-23-25-27-29-31-33-35-36-37-38-39-40-41-43-45-47-49-51-53-55-57-59-61-63-65-67-69-71-73-77(81)78-75(74-79)76(80)72-70-68-66-64-62-60-58-56-54-52-50-48-46-44-42-34-32-30-28-26-24-22-20-18-16-14-12-10-8-6-4-2/h70,72,75-76,79-80H,3-69,71,73-74H2,1-2H3,(H,78,81)/b72-70+. The van der Waals surface area contributed by atoms with Crippen molar-refractivity contribution in [1.82, 2.24) is 5.32 Å². The fourth-order valence-electron chi connectivity index (χ4n) is 12.7. The van der Waals surface area contributed by atoms with E-state index in [0.29, 0.717) is 6.42 Å². The maximum Gasteiger partial charge on any atom is 0.220 e. The summed E-state index contributed by atoms with van der Waals surface area (Å²) < 4.78 is 0. The number of nitrogens with one attached hydrogen (secondary N) is 1. The summed E-state index contributed by atoms with van der Waals surface area (Å²) in [6.45, 7) is 4.37. The van der Waals surface area contributed by atoms with Gasteiger partial charge in [-0.1, -0.05) is 443 Å². The van der Waals surface area contributed by atoms with E-state index in [4.69, 9.17) is 0 Å². The SMILES string of the molecule is CCCCCCCCCCCCCCCCCCCCCCCCCCCCCCC/C=C/C(O)C(CO)NC(=O)CCCCCCCCCCCCCCCCCCCCCCCCCCCCCCCCCCCCCCCC. The van der Waals surface area contributed by atoms with E-state index in [-0.39, 0.29) is 12.5 Å². The Bertz CT molecular complexity index is 1160. The Balaban J connectivity index is 3.37. The average molecular weight is 1140 g/mol. The normalized spacial score (nSPS) is 12.6. The summed E-state index contributed by atoms with van der Waals surface area (Å²) >= 11 is 0. The van der Waals surface area contributed by atoms with Crippen LogP contribution in [0.1, 0.15) is 457 Å². The second kappa shape index (κ2) is 73.4. The van der Waals surface area contributed by atoms with Crippen LogP contribution in [0.2, 0.25) is 0 Å². The number of unbranched alkanes of at least 4 members (excludes halogenated alkanes) is 66. The van der Waals surface area contributed by atoms with E-state index >= 15 is 0 Å². The zero-order valence-corrected chi connectivity index (χ0v) is 56.1. The van der Waals surface area contributed by atoms with Crippen LogP contribution in [0.15, 0.2) is 12.2 Å². The van der Waals surface area contributed by atoms with Gasteiger partial charge in [0.15, 0.2) is 0 Å². The smallest absolute Gasteiger partial charge is 0.220 e. The minimum absolute atomic E-state index is 0.0520. The maximum absolute atomic E-state index is 12.6. The molecule has 0 aliphatic heterocycles. The van der Waals surface area contributed by atoms with Crippen LogP contribution in [-0.4, -0.2) is 34.9 Å². The third-order valence-corrected chi connectivity index (χ3v) is 18.5. The van der Waals surface area contributed by atoms with Crippen LogP contribution in [0.3, 0.4) is 0 Å². The molecule has 1 amide bonds. The van der Waals surface area contributed by atoms with Crippen LogP contribution in [0.4, 0.5) is 0 Å². The van der Waals surface area contributed by atoms with Gasteiger partial charge in [-0.2, -0.15) is 0 Å². The lowest BCUT2D eigenvalue weighted by Gasteiger charge is -2.20. The predicted octanol–water partition coefficient (Wildman–Crippen LogP) is 26.3. The lowest BCUT2D eigenvalue weighted by Crippen LogP contribution is -2.45. The number of rotatable bonds is 73. The molecule has 0 saturated carbocycles. The van der Waals surface area contributed by atoms with Crippen molar-refractivity contribution >= 4 is 5.91 Å². The zero-order chi connectivity index (χ0) is 58.4. The maximum atomic E-state index is 12.6. The molecule has 0 saturated heterocycles. The number of carbonyl (C=O) groups is 1. The molecule has 81 heavy (non-hydrogen) atoms. The molecule has 0 rings (SSSR count). The molecule has 0 radical (unpaired) electrons. The van der Waals surface area contributed by atoms with E-state index in [9.17, 15) is 15.0 Å². The van der Waals surface area contributed by atoms with E-state index < -0.39 is 12.1 Å². The van der Waals surface area contributed by atoms with Gasteiger partial charge in [-0.15, -0.1) is 0 Å². The number of aliphatic hydroxyl groups is 2. The monoisotopic (exact) mass is 1140 g/mol. The van der Waals surface area contributed by atoms with Gasteiger partial charge >= 0.3 is 0 Å². The Morgan fingerprint density at radius 3 is 0.642 bits per heavy atom. The van der Waals surface area contributed by atoms with Crippen molar-refractivity contribution in [3.8, 4) is 0 Å². The third-order valence-electron chi connectivity index (χ3n) is 18.5. The Kier molecular flexibility index (Phi) is 72.6. The molecule has 0 aliphatic rings. The molecular formula is C77H153NO3. The molecule has 4 heteroatoms. The molecule has 484 valence electrons. The topological polar surface area (TPSA) is 69.6 Å².